The van der Waals surface area contributed by atoms with Crippen LogP contribution < -0.4 is 16.0 Å². The zero-order chi connectivity index (χ0) is 27.5. The number of carbonyl (C=O) groups excluding carboxylic acids is 2. The molecule has 0 spiro atoms. The van der Waals surface area contributed by atoms with E-state index in [1.54, 1.807) is 6.92 Å². The average molecular weight is 534 g/mol. The molecule has 11 nitrogen and oxygen atoms in total. The van der Waals surface area contributed by atoms with Crippen LogP contribution in [0.5, 0.6) is 0 Å². The van der Waals surface area contributed by atoms with E-state index in [2.05, 4.69) is 27.9 Å². The second-order valence-electron chi connectivity index (χ2n) is 10.2. The summed E-state index contributed by atoms with van der Waals surface area (Å²) in [5.41, 5.74) is 3.96. The monoisotopic (exact) mass is 533 g/mol. The number of nitrogens with zero attached hydrogens (tertiary/aromatic N) is 4. The minimum atomic E-state index is -0.636. The number of esters is 1. The van der Waals surface area contributed by atoms with Gasteiger partial charge in [-0.05, 0) is 44.6 Å². The predicted molar refractivity (Wildman–Crippen MR) is 147 cm³/mol. The lowest BCUT2D eigenvalue weighted by molar-refractivity contribution is -0.136. The average Bonchev–Trinajstić information content (AvgIpc) is 3.32. The smallest absolute Gasteiger partial charge is 0.337 e. The number of carbonyl (C=O) groups is 2. The Balaban J connectivity index is 1.51. The van der Waals surface area contributed by atoms with E-state index in [9.17, 15) is 14.7 Å². The number of nitrogens with one attached hydrogen (secondary N) is 3. The number of hydrogen-bond acceptors (Lipinski definition) is 8. The zero-order valence-corrected chi connectivity index (χ0v) is 22.5. The number of methoxy groups -OCH3 is 1. The highest BCUT2D eigenvalue weighted by atomic mass is 16.5. The normalized spacial score (nSPS) is 21.4. The fourth-order valence-corrected chi connectivity index (χ4v) is 5.31. The largest absolute Gasteiger partial charge is 0.466 e. The number of rotatable bonds is 8. The van der Waals surface area contributed by atoms with Crippen molar-refractivity contribution in [3.05, 3.63) is 47.3 Å². The van der Waals surface area contributed by atoms with E-state index in [1.807, 2.05) is 35.1 Å². The molecule has 1 atom stereocenters. The van der Waals surface area contributed by atoms with Gasteiger partial charge in [-0.2, -0.15) is 10.1 Å². The van der Waals surface area contributed by atoms with Crippen molar-refractivity contribution in [3.8, 4) is 11.3 Å². The van der Waals surface area contributed by atoms with Crippen molar-refractivity contribution in [2.75, 3.05) is 19.0 Å². The number of aliphatic hydroxyl groups is 1. The van der Waals surface area contributed by atoms with E-state index in [0.717, 1.165) is 72.9 Å². The molecule has 2 aromatic heterocycles. The van der Waals surface area contributed by atoms with Gasteiger partial charge >= 0.3 is 12.0 Å². The van der Waals surface area contributed by atoms with Crippen LogP contribution in [-0.2, 0) is 9.53 Å². The fourth-order valence-electron chi connectivity index (χ4n) is 5.31. The Morgan fingerprint density at radius 1 is 1.21 bits per heavy atom. The van der Waals surface area contributed by atoms with Crippen LogP contribution >= 0.6 is 0 Å². The third-order valence-electron chi connectivity index (χ3n) is 7.47. The first-order valence-electron chi connectivity index (χ1n) is 13.5. The van der Waals surface area contributed by atoms with Crippen molar-refractivity contribution in [3.63, 3.8) is 0 Å². The molecule has 0 radical (unpaired) electrons. The molecule has 206 valence electrons. The fraction of sp³-hybridized carbons (Fsp3) is 0.464. The van der Waals surface area contributed by atoms with E-state index in [4.69, 9.17) is 14.8 Å². The van der Waals surface area contributed by atoms with Crippen LogP contribution in [0.4, 0.5) is 10.7 Å². The molecule has 1 aliphatic heterocycles. The Bertz CT molecular complexity index is 1390. The molecule has 3 aromatic rings. The Morgan fingerprint density at radius 3 is 2.64 bits per heavy atom. The maximum absolute atomic E-state index is 12.5. The number of benzene rings is 1. The summed E-state index contributed by atoms with van der Waals surface area (Å²) in [7, 11) is 1.32. The lowest BCUT2D eigenvalue weighted by Gasteiger charge is -2.27. The number of amides is 2. The van der Waals surface area contributed by atoms with E-state index in [1.165, 1.54) is 7.11 Å². The molecule has 3 heterocycles. The standard InChI is InChI=1S/C28H35N7O4/c1-4-5-14-29-27-30-15-21-23(34-35(25(21)33-27)19-10-12-20(36)13-11-19)17-6-8-18(9-7-17)24-22(26(37)39-3)16(2)31-28(38)32-24/h6-9,15,19-20,24,36H,4-5,10-14H2,1-3H3,(H,29,30,33)(H2,31,32,38)/t19-,20+,24?. The topological polar surface area (TPSA) is 143 Å². The molecule has 1 fully saturated rings. The van der Waals surface area contributed by atoms with Crippen molar-refractivity contribution < 1.29 is 19.4 Å². The molecular formula is C28H35N7O4. The molecule has 4 N–H and O–H groups in total. The van der Waals surface area contributed by atoms with Crippen LogP contribution in [0.3, 0.4) is 0 Å². The van der Waals surface area contributed by atoms with Gasteiger partial charge in [-0.1, -0.05) is 37.6 Å². The summed E-state index contributed by atoms with van der Waals surface area (Å²) in [4.78, 5) is 34.0. The van der Waals surface area contributed by atoms with Crippen LogP contribution in [0.25, 0.3) is 22.3 Å². The van der Waals surface area contributed by atoms with Gasteiger partial charge in [0.05, 0.1) is 36.3 Å². The Labute approximate surface area is 227 Å². The highest BCUT2D eigenvalue weighted by Crippen LogP contribution is 2.35. The summed E-state index contributed by atoms with van der Waals surface area (Å²) in [5.74, 6) is 0.0749. The second kappa shape index (κ2) is 11.4. The second-order valence-corrected chi connectivity index (χ2v) is 10.2. The summed E-state index contributed by atoms with van der Waals surface area (Å²) in [6.45, 7) is 4.62. The SMILES string of the molecule is CCCCNc1ncc2c(-c3ccc(C4NC(=O)NC(C)=C4C(=O)OC)cc3)nn([C@H]3CC[C@@H](O)CC3)c2n1. The Kier molecular flexibility index (Phi) is 7.78. The highest BCUT2D eigenvalue weighted by molar-refractivity contribution is 5.95. The Morgan fingerprint density at radius 2 is 1.95 bits per heavy atom. The van der Waals surface area contributed by atoms with Crippen molar-refractivity contribution in [1.82, 2.24) is 30.4 Å². The number of fused-ring (bicyclic) bond motifs is 1. The van der Waals surface area contributed by atoms with E-state index < -0.39 is 12.0 Å². The molecule has 1 aliphatic carbocycles. The molecule has 5 rings (SSSR count). The summed E-state index contributed by atoms with van der Waals surface area (Å²) in [5, 5.41) is 24.7. The number of aliphatic hydroxyl groups excluding tert-OH is 1. The molecule has 0 saturated heterocycles. The summed E-state index contributed by atoms with van der Waals surface area (Å²) < 4.78 is 6.95. The molecule has 39 heavy (non-hydrogen) atoms. The summed E-state index contributed by atoms with van der Waals surface area (Å²) >= 11 is 0. The molecule has 1 saturated carbocycles. The lowest BCUT2D eigenvalue weighted by atomic mass is 9.93. The number of allylic oxidation sites excluding steroid dienone is 1. The van der Waals surface area contributed by atoms with Gasteiger partial charge in [0.2, 0.25) is 5.95 Å². The van der Waals surface area contributed by atoms with Gasteiger partial charge in [0, 0.05) is 24.0 Å². The molecule has 2 amide bonds. The third-order valence-corrected chi connectivity index (χ3v) is 7.47. The number of unbranched alkanes of at least 4 members (excludes halogenated alkanes) is 1. The van der Waals surface area contributed by atoms with Crippen LogP contribution in [0, 0.1) is 0 Å². The van der Waals surface area contributed by atoms with Crippen LogP contribution in [0.15, 0.2) is 41.7 Å². The molecule has 1 unspecified atom stereocenters. The summed E-state index contributed by atoms with van der Waals surface area (Å²) in [6.07, 6.45) is 6.79. The van der Waals surface area contributed by atoms with E-state index >= 15 is 0 Å². The minimum absolute atomic E-state index is 0.142. The van der Waals surface area contributed by atoms with Gasteiger partial charge in [0.25, 0.3) is 0 Å². The van der Waals surface area contributed by atoms with Gasteiger partial charge in [-0.3, -0.25) is 0 Å². The predicted octanol–water partition coefficient (Wildman–Crippen LogP) is 3.98. The van der Waals surface area contributed by atoms with Crippen molar-refractivity contribution in [2.24, 2.45) is 0 Å². The first-order chi connectivity index (χ1) is 18.9. The lowest BCUT2D eigenvalue weighted by Crippen LogP contribution is -2.45. The van der Waals surface area contributed by atoms with Gasteiger partial charge in [-0.15, -0.1) is 0 Å². The highest BCUT2D eigenvalue weighted by Gasteiger charge is 2.32. The number of aromatic nitrogens is 4. The molecule has 2 aliphatic rings. The Hall–Kier alpha value is -3.99. The summed E-state index contributed by atoms with van der Waals surface area (Å²) in [6, 6.07) is 6.75. The van der Waals surface area contributed by atoms with Crippen LogP contribution in [0.1, 0.15) is 70.0 Å². The number of anilines is 1. The van der Waals surface area contributed by atoms with Gasteiger partial charge in [-0.25, -0.2) is 19.3 Å². The first kappa shape index (κ1) is 26.6. The van der Waals surface area contributed by atoms with Crippen molar-refractivity contribution in [2.45, 2.75) is 70.6 Å². The molecule has 11 heteroatoms. The van der Waals surface area contributed by atoms with Crippen molar-refractivity contribution in [1.29, 1.82) is 0 Å². The molecule has 1 aromatic carbocycles. The van der Waals surface area contributed by atoms with E-state index in [0.29, 0.717) is 17.2 Å². The van der Waals surface area contributed by atoms with Crippen LogP contribution in [-0.4, -0.2) is 56.6 Å². The first-order valence-corrected chi connectivity index (χ1v) is 13.5. The van der Waals surface area contributed by atoms with Gasteiger partial charge in [0.15, 0.2) is 5.65 Å². The van der Waals surface area contributed by atoms with E-state index in [-0.39, 0.29) is 18.2 Å². The van der Waals surface area contributed by atoms with Gasteiger partial charge in [0.1, 0.15) is 5.69 Å². The van der Waals surface area contributed by atoms with Crippen molar-refractivity contribution >= 4 is 29.0 Å². The molecular weight excluding hydrogens is 498 g/mol. The maximum atomic E-state index is 12.5. The maximum Gasteiger partial charge on any atom is 0.337 e. The molecule has 0 bridgehead atoms. The minimum Gasteiger partial charge on any atom is -0.466 e. The zero-order valence-electron chi connectivity index (χ0n) is 22.5. The number of urea groups is 1. The van der Waals surface area contributed by atoms with Gasteiger partial charge < -0.3 is 25.8 Å². The number of ether oxygens (including phenoxy) is 1. The quantitative estimate of drug-likeness (QED) is 0.251. The number of hydrogen-bond donors (Lipinski definition) is 4. The third kappa shape index (κ3) is 5.44. The van der Waals surface area contributed by atoms with Crippen LogP contribution in [0.2, 0.25) is 0 Å².